The molecule has 0 aliphatic heterocycles. The predicted octanol–water partition coefficient (Wildman–Crippen LogP) is 4.24. The highest BCUT2D eigenvalue weighted by atomic mass is 35.5. The SMILES string of the molecule is COc1ccc(C(=O)c2ccc(Cl)cc2)c(OC)c1Cl. The van der Waals surface area contributed by atoms with Crippen LogP contribution in [0, 0.1) is 0 Å². The molecular formula is C15H12Cl2O3. The summed E-state index contributed by atoms with van der Waals surface area (Å²) in [5, 5.41) is 0.844. The Balaban J connectivity index is 2.49. The molecule has 0 aliphatic carbocycles. The van der Waals surface area contributed by atoms with E-state index < -0.39 is 0 Å². The topological polar surface area (TPSA) is 35.5 Å². The van der Waals surface area contributed by atoms with Crippen molar-refractivity contribution in [1.29, 1.82) is 0 Å². The average molecular weight is 311 g/mol. The van der Waals surface area contributed by atoms with Crippen LogP contribution >= 0.6 is 23.2 Å². The number of benzene rings is 2. The summed E-state index contributed by atoms with van der Waals surface area (Å²) in [7, 11) is 2.96. The van der Waals surface area contributed by atoms with E-state index in [0.717, 1.165) is 0 Å². The van der Waals surface area contributed by atoms with Crippen LogP contribution in [0.4, 0.5) is 0 Å². The van der Waals surface area contributed by atoms with Crippen LogP contribution in [0.3, 0.4) is 0 Å². The van der Waals surface area contributed by atoms with E-state index in [9.17, 15) is 4.79 Å². The van der Waals surface area contributed by atoms with Crippen molar-refractivity contribution in [2.45, 2.75) is 0 Å². The van der Waals surface area contributed by atoms with Crippen LogP contribution in [-0.2, 0) is 0 Å². The molecule has 0 spiro atoms. The first-order valence-corrected chi connectivity index (χ1v) is 6.54. The fourth-order valence-electron chi connectivity index (χ4n) is 1.83. The highest BCUT2D eigenvalue weighted by Crippen LogP contribution is 2.37. The summed E-state index contributed by atoms with van der Waals surface area (Å²) in [6.45, 7) is 0. The summed E-state index contributed by atoms with van der Waals surface area (Å²) >= 11 is 12.0. The van der Waals surface area contributed by atoms with Gasteiger partial charge in [-0.05, 0) is 36.4 Å². The number of hydrogen-bond acceptors (Lipinski definition) is 3. The van der Waals surface area contributed by atoms with Crippen molar-refractivity contribution < 1.29 is 14.3 Å². The second kappa shape index (κ2) is 6.16. The first kappa shape index (κ1) is 14.7. The highest BCUT2D eigenvalue weighted by Gasteiger charge is 2.19. The molecule has 0 radical (unpaired) electrons. The van der Waals surface area contributed by atoms with E-state index in [-0.39, 0.29) is 10.8 Å². The van der Waals surface area contributed by atoms with E-state index in [1.54, 1.807) is 36.4 Å². The molecule has 0 saturated carbocycles. The molecular weight excluding hydrogens is 299 g/mol. The molecule has 0 aliphatic rings. The van der Waals surface area contributed by atoms with Crippen molar-refractivity contribution in [3.05, 3.63) is 57.6 Å². The number of carbonyl (C=O) groups is 1. The fraction of sp³-hybridized carbons (Fsp3) is 0.133. The van der Waals surface area contributed by atoms with Crippen molar-refractivity contribution in [1.82, 2.24) is 0 Å². The zero-order valence-corrected chi connectivity index (χ0v) is 12.5. The number of ether oxygens (including phenoxy) is 2. The monoisotopic (exact) mass is 310 g/mol. The fourth-order valence-corrected chi connectivity index (χ4v) is 2.28. The molecule has 0 bridgehead atoms. The van der Waals surface area contributed by atoms with Gasteiger partial charge in [0.2, 0.25) is 0 Å². The van der Waals surface area contributed by atoms with Gasteiger partial charge in [-0.15, -0.1) is 0 Å². The number of ketones is 1. The van der Waals surface area contributed by atoms with Gasteiger partial charge in [0.1, 0.15) is 10.8 Å². The Morgan fingerprint density at radius 3 is 2.15 bits per heavy atom. The van der Waals surface area contributed by atoms with Gasteiger partial charge in [0.25, 0.3) is 0 Å². The van der Waals surface area contributed by atoms with Crippen molar-refractivity contribution in [2.75, 3.05) is 14.2 Å². The predicted molar refractivity (Wildman–Crippen MR) is 79.4 cm³/mol. The minimum Gasteiger partial charge on any atom is -0.495 e. The Morgan fingerprint density at radius 1 is 0.950 bits per heavy atom. The normalized spacial score (nSPS) is 10.2. The van der Waals surface area contributed by atoms with Gasteiger partial charge in [-0.1, -0.05) is 23.2 Å². The molecule has 2 rings (SSSR count). The molecule has 20 heavy (non-hydrogen) atoms. The molecule has 104 valence electrons. The van der Waals surface area contributed by atoms with Gasteiger partial charge in [-0.3, -0.25) is 4.79 Å². The van der Waals surface area contributed by atoms with E-state index in [1.807, 2.05) is 0 Å². The quantitative estimate of drug-likeness (QED) is 0.792. The Kier molecular flexibility index (Phi) is 4.53. The van der Waals surface area contributed by atoms with Crippen LogP contribution in [0.15, 0.2) is 36.4 Å². The standard InChI is InChI=1S/C15H12Cl2O3/c1-19-12-8-7-11(15(20-2)13(12)17)14(18)9-3-5-10(16)6-4-9/h3-8H,1-2H3. The van der Waals surface area contributed by atoms with Gasteiger partial charge in [-0.25, -0.2) is 0 Å². The number of halogens is 2. The molecule has 0 heterocycles. The maximum Gasteiger partial charge on any atom is 0.196 e. The lowest BCUT2D eigenvalue weighted by Crippen LogP contribution is -2.05. The molecule has 2 aromatic rings. The summed E-state index contributed by atoms with van der Waals surface area (Å²) in [4.78, 5) is 12.5. The molecule has 0 amide bonds. The molecule has 3 nitrogen and oxygen atoms in total. The van der Waals surface area contributed by atoms with Crippen molar-refractivity contribution >= 4 is 29.0 Å². The third-order valence-electron chi connectivity index (χ3n) is 2.84. The van der Waals surface area contributed by atoms with Crippen molar-refractivity contribution in [2.24, 2.45) is 0 Å². The molecule has 0 unspecified atom stereocenters. The number of methoxy groups -OCH3 is 2. The van der Waals surface area contributed by atoms with Crippen LogP contribution in [0.25, 0.3) is 0 Å². The van der Waals surface area contributed by atoms with Crippen LogP contribution < -0.4 is 9.47 Å². The lowest BCUT2D eigenvalue weighted by Gasteiger charge is -2.12. The summed E-state index contributed by atoms with van der Waals surface area (Å²) in [6.07, 6.45) is 0. The van der Waals surface area contributed by atoms with Gasteiger partial charge < -0.3 is 9.47 Å². The second-order valence-electron chi connectivity index (χ2n) is 4.00. The zero-order valence-electron chi connectivity index (χ0n) is 10.9. The minimum atomic E-state index is -0.192. The first-order chi connectivity index (χ1) is 9.58. The Bertz CT molecular complexity index is 636. The van der Waals surface area contributed by atoms with E-state index in [1.165, 1.54) is 14.2 Å². The molecule has 0 atom stereocenters. The lowest BCUT2D eigenvalue weighted by molar-refractivity contribution is 0.103. The minimum absolute atomic E-state index is 0.192. The highest BCUT2D eigenvalue weighted by molar-refractivity contribution is 6.34. The first-order valence-electron chi connectivity index (χ1n) is 5.79. The lowest BCUT2D eigenvalue weighted by atomic mass is 10.0. The third kappa shape index (κ3) is 2.74. The molecule has 0 saturated heterocycles. The Labute approximate surface area is 127 Å². The van der Waals surface area contributed by atoms with E-state index in [2.05, 4.69) is 0 Å². The average Bonchev–Trinajstić information content (AvgIpc) is 2.47. The molecule has 2 aromatic carbocycles. The van der Waals surface area contributed by atoms with Gasteiger partial charge in [0, 0.05) is 10.6 Å². The maximum atomic E-state index is 12.5. The van der Waals surface area contributed by atoms with Gasteiger partial charge in [-0.2, -0.15) is 0 Å². The van der Waals surface area contributed by atoms with Crippen molar-refractivity contribution in [3.63, 3.8) is 0 Å². The smallest absolute Gasteiger partial charge is 0.196 e. The van der Waals surface area contributed by atoms with Gasteiger partial charge in [0.05, 0.1) is 19.8 Å². The summed E-state index contributed by atoms with van der Waals surface area (Å²) in [5.74, 6) is 0.560. The van der Waals surface area contributed by atoms with E-state index >= 15 is 0 Å². The van der Waals surface area contributed by atoms with Crippen LogP contribution in [0.2, 0.25) is 10.0 Å². The largest absolute Gasteiger partial charge is 0.495 e. The molecule has 0 fully saturated rings. The van der Waals surface area contributed by atoms with Gasteiger partial charge >= 0.3 is 0 Å². The van der Waals surface area contributed by atoms with Crippen LogP contribution in [0.5, 0.6) is 11.5 Å². The number of hydrogen-bond donors (Lipinski definition) is 0. The van der Waals surface area contributed by atoms with E-state index in [0.29, 0.717) is 27.6 Å². The number of carbonyl (C=O) groups excluding carboxylic acids is 1. The van der Waals surface area contributed by atoms with E-state index in [4.69, 9.17) is 32.7 Å². The van der Waals surface area contributed by atoms with Crippen molar-refractivity contribution in [3.8, 4) is 11.5 Å². The Morgan fingerprint density at radius 2 is 1.60 bits per heavy atom. The molecule has 0 aromatic heterocycles. The van der Waals surface area contributed by atoms with Gasteiger partial charge in [0.15, 0.2) is 11.5 Å². The maximum absolute atomic E-state index is 12.5. The molecule has 0 N–H and O–H groups in total. The third-order valence-corrected chi connectivity index (χ3v) is 3.45. The summed E-state index contributed by atoms with van der Waals surface area (Å²) in [6, 6.07) is 9.89. The Hall–Kier alpha value is -1.71. The number of rotatable bonds is 4. The van der Waals surface area contributed by atoms with Crippen LogP contribution in [-0.4, -0.2) is 20.0 Å². The van der Waals surface area contributed by atoms with Crippen LogP contribution in [0.1, 0.15) is 15.9 Å². The summed E-state index contributed by atoms with van der Waals surface area (Å²) < 4.78 is 10.3. The second-order valence-corrected chi connectivity index (χ2v) is 4.81. The molecule has 5 heteroatoms. The zero-order chi connectivity index (χ0) is 14.7. The summed E-state index contributed by atoms with van der Waals surface area (Å²) in [5.41, 5.74) is 0.884.